The first kappa shape index (κ1) is 28.0. The van der Waals surface area contributed by atoms with Crippen LogP contribution in [0.5, 0.6) is 0 Å². The van der Waals surface area contributed by atoms with E-state index in [1.54, 1.807) is 0 Å². The summed E-state index contributed by atoms with van der Waals surface area (Å²) in [6.45, 7) is 9.68. The molecule has 0 saturated carbocycles. The van der Waals surface area contributed by atoms with Crippen LogP contribution < -0.4 is 0 Å². The number of fused-ring (bicyclic) bond motifs is 15. The highest BCUT2D eigenvalue weighted by atomic mass is 16.3. The average molecular weight is 642 g/mol. The summed E-state index contributed by atoms with van der Waals surface area (Å²) in [5.41, 5.74) is 18.5. The molecule has 0 amide bonds. The number of nitrogens with zero attached hydrogens (tertiary/aromatic N) is 1. The first-order valence-electron chi connectivity index (χ1n) is 17.7. The molecule has 2 nitrogen and oxygen atoms in total. The first-order chi connectivity index (χ1) is 24.3. The Hall–Kier alpha value is -5.86. The molecule has 2 aliphatic rings. The molecule has 0 N–H and O–H groups in total. The van der Waals surface area contributed by atoms with Gasteiger partial charge in [0.2, 0.25) is 0 Å². The Bertz CT molecular complexity index is 2910. The zero-order valence-electron chi connectivity index (χ0n) is 28.6. The van der Waals surface area contributed by atoms with Crippen molar-refractivity contribution in [3.63, 3.8) is 0 Å². The summed E-state index contributed by atoms with van der Waals surface area (Å²) in [5.74, 6) is 0. The van der Waals surface area contributed by atoms with Crippen LogP contribution in [-0.2, 0) is 10.8 Å². The predicted octanol–water partition coefficient (Wildman–Crippen LogP) is 13.0. The summed E-state index contributed by atoms with van der Waals surface area (Å²) in [5, 5.41) is 4.97. The van der Waals surface area contributed by atoms with Gasteiger partial charge in [0.1, 0.15) is 11.2 Å². The third-order valence-corrected chi connectivity index (χ3v) is 11.9. The van der Waals surface area contributed by atoms with E-state index in [0.717, 1.165) is 11.2 Å². The molecule has 2 heterocycles. The Morgan fingerprint density at radius 3 is 2.00 bits per heavy atom. The summed E-state index contributed by atoms with van der Waals surface area (Å²) >= 11 is 0. The number of rotatable bonds is 2. The number of hydrogen-bond acceptors (Lipinski definition) is 1. The first-order valence-corrected chi connectivity index (χ1v) is 17.7. The molecule has 7 aromatic carbocycles. The van der Waals surface area contributed by atoms with Crippen LogP contribution in [0.3, 0.4) is 0 Å². The second kappa shape index (κ2) is 9.43. The van der Waals surface area contributed by atoms with Crippen LogP contribution in [0.2, 0.25) is 0 Å². The molecule has 2 heteroatoms. The third kappa shape index (κ3) is 3.39. The Kier molecular flexibility index (Phi) is 5.28. The number of benzene rings is 7. The normalized spacial score (nSPS) is 15.1. The van der Waals surface area contributed by atoms with Gasteiger partial charge in [-0.15, -0.1) is 0 Å². The van der Waals surface area contributed by atoms with Gasteiger partial charge in [-0.1, -0.05) is 131 Å². The maximum absolute atomic E-state index is 6.87. The van der Waals surface area contributed by atoms with E-state index in [4.69, 9.17) is 4.42 Å². The van der Waals surface area contributed by atoms with Crippen molar-refractivity contribution < 1.29 is 4.42 Å². The number of hydrogen-bond donors (Lipinski definition) is 0. The van der Waals surface area contributed by atoms with Crippen molar-refractivity contribution in [2.75, 3.05) is 0 Å². The number of aromatic nitrogens is 1. The molecule has 11 rings (SSSR count). The van der Waals surface area contributed by atoms with Gasteiger partial charge in [-0.3, -0.25) is 0 Å². The number of para-hydroxylation sites is 2. The minimum atomic E-state index is -0.240. The highest BCUT2D eigenvalue weighted by Gasteiger charge is 2.48. The molecule has 238 valence electrons. The van der Waals surface area contributed by atoms with E-state index >= 15 is 0 Å². The molecule has 0 bridgehead atoms. The van der Waals surface area contributed by atoms with Crippen LogP contribution in [0.1, 0.15) is 49.9 Å². The van der Waals surface area contributed by atoms with E-state index in [1.807, 2.05) is 0 Å². The van der Waals surface area contributed by atoms with Crippen molar-refractivity contribution in [1.29, 1.82) is 0 Å². The van der Waals surface area contributed by atoms with Gasteiger partial charge in [0, 0.05) is 43.6 Å². The van der Waals surface area contributed by atoms with Gasteiger partial charge >= 0.3 is 0 Å². The lowest BCUT2D eigenvalue weighted by molar-refractivity contribution is 0.600. The van der Waals surface area contributed by atoms with Crippen LogP contribution in [-0.4, -0.2) is 4.57 Å². The second-order valence-electron chi connectivity index (χ2n) is 15.3. The van der Waals surface area contributed by atoms with E-state index in [9.17, 15) is 0 Å². The second-order valence-corrected chi connectivity index (χ2v) is 15.3. The fourth-order valence-corrected chi connectivity index (χ4v) is 9.72. The highest BCUT2D eigenvalue weighted by molar-refractivity contribution is 6.21. The molecular formula is C48H35NO. The highest BCUT2D eigenvalue weighted by Crippen LogP contribution is 2.63. The van der Waals surface area contributed by atoms with Crippen molar-refractivity contribution >= 4 is 43.7 Å². The van der Waals surface area contributed by atoms with Crippen LogP contribution in [0, 0.1) is 0 Å². The van der Waals surface area contributed by atoms with Gasteiger partial charge in [-0.25, -0.2) is 0 Å². The lowest BCUT2D eigenvalue weighted by Gasteiger charge is -2.31. The molecule has 50 heavy (non-hydrogen) atoms. The van der Waals surface area contributed by atoms with E-state index in [1.165, 1.54) is 93.9 Å². The van der Waals surface area contributed by atoms with Crippen molar-refractivity contribution in [3.05, 3.63) is 162 Å². The standard InChI is InChI=1S/C48H35NO/c1-47(2)36-19-11-8-17-32(36)43-45(47)44-41(42-34-18-10-13-21-40(34)50-46(42)43)33-24-23-30(27-37(33)48(44,3)4)49-38-20-12-9-16-31(38)35-26-29(22-25-39(35)49)28-14-6-5-7-15-28/h5-27H,1-4H3. The van der Waals surface area contributed by atoms with Gasteiger partial charge in [-0.2, -0.15) is 0 Å². The summed E-state index contributed by atoms with van der Waals surface area (Å²) in [7, 11) is 0. The van der Waals surface area contributed by atoms with Crippen molar-refractivity contribution in [3.8, 4) is 39.1 Å². The molecule has 0 atom stereocenters. The third-order valence-electron chi connectivity index (χ3n) is 11.9. The molecular weight excluding hydrogens is 607 g/mol. The van der Waals surface area contributed by atoms with E-state index in [2.05, 4.69) is 172 Å². The van der Waals surface area contributed by atoms with Crippen molar-refractivity contribution in [1.82, 2.24) is 4.57 Å². The SMILES string of the molecule is CC1(C)c2ccccc2-c2c1c1c(c3c2oc2ccccc23)-c2ccc(-n3c4ccccc4c4cc(-c5ccccc5)ccc43)cc2C1(C)C. The van der Waals surface area contributed by atoms with E-state index in [-0.39, 0.29) is 10.8 Å². The van der Waals surface area contributed by atoms with Gasteiger partial charge in [0.05, 0.1) is 11.0 Å². The zero-order chi connectivity index (χ0) is 33.5. The Labute approximate surface area is 291 Å². The average Bonchev–Trinajstić information content (AvgIpc) is 3.82. The minimum Gasteiger partial charge on any atom is -0.455 e. The summed E-state index contributed by atoms with van der Waals surface area (Å²) in [6, 6.07) is 51.2. The Morgan fingerprint density at radius 1 is 0.480 bits per heavy atom. The van der Waals surface area contributed by atoms with Gasteiger partial charge in [0.15, 0.2) is 0 Å². The Morgan fingerprint density at radius 2 is 1.14 bits per heavy atom. The quantitative estimate of drug-likeness (QED) is 0.184. The molecule has 9 aromatic rings. The van der Waals surface area contributed by atoms with Gasteiger partial charge in [0.25, 0.3) is 0 Å². The van der Waals surface area contributed by atoms with Gasteiger partial charge in [-0.05, 0) is 86.5 Å². The summed E-state index contributed by atoms with van der Waals surface area (Å²) in [6.07, 6.45) is 0. The van der Waals surface area contributed by atoms with Gasteiger partial charge < -0.3 is 8.98 Å². The minimum absolute atomic E-state index is 0.172. The number of furan rings is 1. The monoisotopic (exact) mass is 641 g/mol. The van der Waals surface area contributed by atoms with Crippen molar-refractivity contribution in [2.45, 2.75) is 38.5 Å². The Balaban J connectivity index is 1.21. The predicted molar refractivity (Wildman–Crippen MR) is 209 cm³/mol. The fraction of sp³-hybridized carbons (Fsp3) is 0.125. The van der Waals surface area contributed by atoms with Crippen LogP contribution >= 0.6 is 0 Å². The molecule has 0 spiro atoms. The largest absolute Gasteiger partial charge is 0.455 e. The summed E-state index contributed by atoms with van der Waals surface area (Å²) < 4.78 is 9.33. The van der Waals surface area contributed by atoms with Crippen LogP contribution in [0.25, 0.3) is 82.8 Å². The molecule has 0 radical (unpaired) electrons. The van der Waals surface area contributed by atoms with Crippen LogP contribution in [0.15, 0.2) is 144 Å². The molecule has 0 unspecified atom stereocenters. The van der Waals surface area contributed by atoms with E-state index in [0.29, 0.717) is 0 Å². The molecule has 2 aliphatic carbocycles. The lowest BCUT2D eigenvalue weighted by atomic mass is 9.72. The smallest absolute Gasteiger partial charge is 0.144 e. The molecule has 0 saturated heterocycles. The molecule has 2 aromatic heterocycles. The maximum Gasteiger partial charge on any atom is 0.144 e. The topological polar surface area (TPSA) is 18.1 Å². The fourth-order valence-electron chi connectivity index (χ4n) is 9.72. The van der Waals surface area contributed by atoms with Crippen molar-refractivity contribution in [2.24, 2.45) is 0 Å². The molecule has 0 fully saturated rings. The maximum atomic E-state index is 6.87. The molecule has 0 aliphatic heterocycles. The van der Waals surface area contributed by atoms with E-state index < -0.39 is 0 Å². The van der Waals surface area contributed by atoms with Crippen LogP contribution in [0.4, 0.5) is 0 Å². The zero-order valence-corrected chi connectivity index (χ0v) is 28.6. The summed E-state index contributed by atoms with van der Waals surface area (Å²) in [4.78, 5) is 0. The lowest BCUT2D eigenvalue weighted by Crippen LogP contribution is -2.24.